The van der Waals surface area contributed by atoms with Crippen molar-refractivity contribution in [2.75, 3.05) is 19.7 Å². The van der Waals surface area contributed by atoms with E-state index >= 15 is 0 Å². The van der Waals surface area contributed by atoms with E-state index in [1.165, 1.54) is 5.56 Å². The zero-order valence-electron chi connectivity index (χ0n) is 20.4. The van der Waals surface area contributed by atoms with Gasteiger partial charge in [0.25, 0.3) is 0 Å². The molecule has 0 aromatic heterocycles. The maximum atomic E-state index is 10.2. The van der Waals surface area contributed by atoms with Gasteiger partial charge in [0.1, 0.15) is 17.9 Å². The van der Waals surface area contributed by atoms with E-state index in [-0.39, 0.29) is 0 Å². The highest BCUT2D eigenvalue weighted by Gasteiger charge is 2.42. The highest BCUT2D eigenvalue weighted by Crippen LogP contribution is 2.37. The van der Waals surface area contributed by atoms with E-state index < -0.39 is 5.54 Å². The van der Waals surface area contributed by atoms with Crippen molar-refractivity contribution in [2.24, 2.45) is 5.92 Å². The van der Waals surface area contributed by atoms with Crippen molar-refractivity contribution in [3.63, 3.8) is 0 Å². The summed E-state index contributed by atoms with van der Waals surface area (Å²) in [4.78, 5) is 2.23. The fourth-order valence-electron chi connectivity index (χ4n) is 4.52. The number of nitrogens with zero attached hydrogens (tertiary/aromatic N) is 2. The molecule has 0 saturated carbocycles. The summed E-state index contributed by atoms with van der Waals surface area (Å²) in [5.41, 5.74) is 4.42. The van der Waals surface area contributed by atoms with Gasteiger partial charge in [-0.05, 0) is 72.9 Å². The molecule has 0 radical (unpaired) electrons. The first-order valence-electron chi connectivity index (χ1n) is 11.8. The number of hydrogen-bond acceptors (Lipinski definition) is 4. The van der Waals surface area contributed by atoms with Gasteiger partial charge < -0.3 is 9.47 Å². The standard InChI is InChI=1S/C29H30Cl2N2O2/c1-20-11-25(12-21(2)28(20)35-18-23-9-10-26(30)27(31)13-23)29(3,19-32)33-14-24(15-33)17-34-16-22-7-5-4-6-8-22/h4-13,24H,14-18H2,1-3H3. The molecule has 182 valence electrons. The SMILES string of the molecule is Cc1cc(C(C)(C#N)N2CC(COCc3ccccc3)C2)cc(C)c1OCc1ccc(Cl)c(Cl)c1. The van der Waals surface area contributed by atoms with Crippen LogP contribution >= 0.6 is 23.2 Å². The summed E-state index contributed by atoms with van der Waals surface area (Å²) >= 11 is 12.1. The van der Waals surface area contributed by atoms with Crippen LogP contribution in [0.5, 0.6) is 5.75 Å². The summed E-state index contributed by atoms with van der Waals surface area (Å²) in [6.07, 6.45) is 0. The number of nitriles is 1. The molecular formula is C29H30Cl2N2O2. The average molecular weight is 509 g/mol. The predicted molar refractivity (Wildman–Crippen MR) is 141 cm³/mol. The molecule has 0 N–H and O–H groups in total. The molecule has 1 fully saturated rings. The molecule has 35 heavy (non-hydrogen) atoms. The molecule has 0 amide bonds. The number of ether oxygens (including phenoxy) is 2. The predicted octanol–water partition coefficient (Wildman–Crippen LogP) is 7.08. The molecule has 1 atom stereocenters. The highest BCUT2D eigenvalue weighted by atomic mass is 35.5. The van der Waals surface area contributed by atoms with Crippen LogP contribution in [0.1, 0.15) is 34.7 Å². The van der Waals surface area contributed by atoms with E-state index in [1.54, 1.807) is 6.07 Å². The lowest BCUT2D eigenvalue weighted by Crippen LogP contribution is -2.57. The van der Waals surface area contributed by atoms with Crippen molar-refractivity contribution in [3.05, 3.63) is 98.5 Å². The minimum absolute atomic E-state index is 0.393. The van der Waals surface area contributed by atoms with Gasteiger partial charge in [0.15, 0.2) is 0 Å². The van der Waals surface area contributed by atoms with Crippen LogP contribution in [0.3, 0.4) is 0 Å². The van der Waals surface area contributed by atoms with Gasteiger partial charge in [-0.3, -0.25) is 4.90 Å². The van der Waals surface area contributed by atoms with Gasteiger partial charge in [-0.15, -0.1) is 0 Å². The Labute approximate surface area is 218 Å². The Bertz CT molecular complexity index is 1200. The summed E-state index contributed by atoms with van der Waals surface area (Å²) in [6, 6.07) is 22.4. The zero-order chi connectivity index (χ0) is 25.0. The van der Waals surface area contributed by atoms with E-state index in [9.17, 15) is 5.26 Å². The van der Waals surface area contributed by atoms with Gasteiger partial charge in [-0.25, -0.2) is 0 Å². The van der Waals surface area contributed by atoms with Crippen molar-refractivity contribution in [1.82, 2.24) is 4.90 Å². The van der Waals surface area contributed by atoms with Gasteiger partial charge in [0, 0.05) is 19.0 Å². The Morgan fingerprint density at radius 2 is 1.63 bits per heavy atom. The molecule has 3 aromatic rings. The molecule has 0 bridgehead atoms. The van der Waals surface area contributed by atoms with Gasteiger partial charge in [0.05, 0.1) is 29.3 Å². The van der Waals surface area contributed by atoms with Gasteiger partial charge in [-0.1, -0.05) is 59.6 Å². The second-order valence-electron chi connectivity index (χ2n) is 9.43. The maximum absolute atomic E-state index is 10.2. The first kappa shape index (κ1) is 25.5. The van der Waals surface area contributed by atoms with E-state index in [0.29, 0.717) is 35.8 Å². The number of benzene rings is 3. The summed E-state index contributed by atoms with van der Waals surface area (Å²) in [5, 5.41) is 11.2. The topological polar surface area (TPSA) is 45.5 Å². The lowest BCUT2D eigenvalue weighted by Gasteiger charge is -2.47. The normalized spacial score (nSPS) is 15.8. The van der Waals surface area contributed by atoms with E-state index in [4.69, 9.17) is 32.7 Å². The van der Waals surface area contributed by atoms with Crippen molar-refractivity contribution in [3.8, 4) is 11.8 Å². The summed E-state index contributed by atoms with van der Waals surface area (Å²) < 4.78 is 12.0. The third kappa shape index (κ3) is 5.82. The van der Waals surface area contributed by atoms with Crippen LogP contribution in [0.2, 0.25) is 10.0 Å². The molecule has 1 unspecified atom stereocenters. The fourth-order valence-corrected chi connectivity index (χ4v) is 4.84. The molecule has 1 aliphatic rings. The second-order valence-corrected chi connectivity index (χ2v) is 10.2. The molecule has 4 nitrogen and oxygen atoms in total. The smallest absolute Gasteiger partial charge is 0.131 e. The summed E-state index contributed by atoms with van der Waals surface area (Å²) in [5.74, 6) is 1.26. The molecule has 1 aliphatic heterocycles. The van der Waals surface area contributed by atoms with E-state index in [0.717, 1.165) is 41.1 Å². The monoisotopic (exact) mass is 508 g/mol. The van der Waals surface area contributed by atoms with Crippen molar-refractivity contribution < 1.29 is 9.47 Å². The molecule has 6 heteroatoms. The summed E-state index contributed by atoms with van der Waals surface area (Å²) in [6.45, 7) is 9.44. The van der Waals surface area contributed by atoms with Crippen molar-refractivity contribution in [1.29, 1.82) is 5.26 Å². The first-order chi connectivity index (χ1) is 16.8. The van der Waals surface area contributed by atoms with Gasteiger partial charge in [-0.2, -0.15) is 5.26 Å². The summed E-state index contributed by atoms with van der Waals surface area (Å²) in [7, 11) is 0. The third-order valence-corrected chi connectivity index (χ3v) is 7.40. The third-order valence-electron chi connectivity index (χ3n) is 6.66. The fraction of sp³-hybridized carbons (Fsp3) is 0.345. The number of likely N-dealkylation sites (tertiary alicyclic amines) is 1. The molecule has 0 aliphatic carbocycles. The lowest BCUT2D eigenvalue weighted by atomic mass is 9.84. The highest BCUT2D eigenvalue weighted by molar-refractivity contribution is 6.42. The van der Waals surface area contributed by atoms with E-state index in [2.05, 4.69) is 35.2 Å². The largest absolute Gasteiger partial charge is 0.488 e. The zero-order valence-corrected chi connectivity index (χ0v) is 21.9. The molecule has 4 rings (SSSR count). The van der Waals surface area contributed by atoms with Gasteiger partial charge in [0.2, 0.25) is 0 Å². The number of hydrogen-bond donors (Lipinski definition) is 0. The Morgan fingerprint density at radius 3 is 2.26 bits per heavy atom. The van der Waals surface area contributed by atoms with Crippen LogP contribution in [0.15, 0.2) is 60.7 Å². The quantitative estimate of drug-likeness (QED) is 0.309. The Kier molecular flexibility index (Phi) is 8.04. The molecule has 3 aromatic carbocycles. The van der Waals surface area contributed by atoms with Gasteiger partial charge >= 0.3 is 0 Å². The first-order valence-corrected chi connectivity index (χ1v) is 12.5. The minimum Gasteiger partial charge on any atom is -0.488 e. The molecule has 1 heterocycles. The average Bonchev–Trinajstić information content (AvgIpc) is 2.82. The minimum atomic E-state index is -0.701. The number of halogens is 2. The molecule has 0 spiro atoms. The van der Waals surface area contributed by atoms with Crippen LogP contribution in [-0.2, 0) is 23.5 Å². The lowest BCUT2D eigenvalue weighted by molar-refractivity contribution is -0.0304. The number of aryl methyl sites for hydroxylation is 2. The van der Waals surface area contributed by atoms with Crippen LogP contribution in [-0.4, -0.2) is 24.6 Å². The van der Waals surface area contributed by atoms with E-state index in [1.807, 2.05) is 51.1 Å². The van der Waals surface area contributed by atoms with Crippen LogP contribution in [0, 0.1) is 31.1 Å². The Balaban J connectivity index is 1.37. The van der Waals surface area contributed by atoms with Crippen LogP contribution in [0.4, 0.5) is 0 Å². The second kappa shape index (κ2) is 11.0. The van der Waals surface area contributed by atoms with Crippen molar-refractivity contribution in [2.45, 2.75) is 39.5 Å². The Hall–Kier alpha value is -2.55. The maximum Gasteiger partial charge on any atom is 0.131 e. The molecule has 1 saturated heterocycles. The van der Waals surface area contributed by atoms with Crippen LogP contribution < -0.4 is 4.74 Å². The van der Waals surface area contributed by atoms with Crippen molar-refractivity contribution >= 4 is 23.2 Å². The number of rotatable bonds is 9. The van der Waals surface area contributed by atoms with Crippen LogP contribution in [0.25, 0.3) is 0 Å². The Morgan fingerprint density at radius 1 is 0.943 bits per heavy atom. The molecular weight excluding hydrogens is 479 g/mol.